The number of carbonyl (C=O) groups excluding carboxylic acids is 2. The van der Waals surface area contributed by atoms with Crippen LogP contribution in [0.15, 0.2) is 76.4 Å². The summed E-state index contributed by atoms with van der Waals surface area (Å²) in [4.78, 5) is 34.9. The fraction of sp³-hybridized carbons (Fsp3) is 0. The van der Waals surface area contributed by atoms with Crippen LogP contribution >= 0.6 is 0 Å². The Morgan fingerprint density at radius 1 is 1.00 bits per heavy atom. The van der Waals surface area contributed by atoms with Gasteiger partial charge in [-0.2, -0.15) is 5.10 Å². The zero-order valence-corrected chi connectivity index (χ0v) is 14.4. The number of nitrogens with one attached hydrogen (secondary N) is 2. The van der Waals surface area contributed by atoms with E-state index in [0.29, 0.717) is 5.76 Å². The molecule has 0 aliphatic carbocycles. The second-order valence-corrected chi connectivity index (χ2v) is 5.52. The summed E-state index contributed by atoms with van der Waals surface area (Å²) in [6.07, 6.45) is 2.82. The number of amides is 2. The number of benzene rings is 2. The van der Waals surface area contributed by atoms with E-state index < -0.39 is 16.7 Å². The molecule has 2 N–H and O–H groups in total. The zero-order chi connectivity index (χ0) is 19.9. The average Bonchev–Trinajstić information content (AvgIpc) is 3.22. The molecule has 0 aliphatic heterocycles. The normalized spacial score (nSPS) is 10.6. The number of nitro groups is 1. The van der Waals surface area contributed by atoms with Crippen LogP contribution in [0.1, 0.15) is 26.5 Å². The molecule has 0 atom stereocenters. The zero-order valence-electron chi connectivity index (χ0n) is 14.4. The highest BCUT2D eigenvalue weighted by molar-refractivity contribution is 6.09. The summed E-state index contributed by atoms with van der Waals surface area (Å²) in [5, 5.41) is 17.1. The molecule has 0 fully saturated rings. The van der Waals surface area contributed by atoms with Crippen molar-refractivity contribution in [3.05, 3.63) is 93.9 Å². The van der Waals surface area contributed by atoms with E-state index in [4.69, 9.17) is 4.42 Å². The van der Waals surface area contributed by atoms with Gasteiger partial charge in [0.15, 0.2) is 0 Å². The summed E-state index contributed by atoms with van der Waals surface area (Å²) in [6, 6.07) is 14.9. The summed E-state index contributed by atoms with van der Waals surface area (Å²) in [7, 11) is 0. The maximum absolute atomic E-state index is 12.4. The van der Waals surface area contributed by atoms with Gasteiger partial charge in [-0.05, 0) is 36.4 Å². The molecule has 9 heteroatoms. The highest BCUT2D eigenvalue weighted by Crippen LogP contribution is 2.18. The predicted octanol–water partition coefficient (Wildman–Crippen LogP) is 3.20. The van der Waals surface area contributed by atoms with Crippen molar-refractivity contribution in [3.8, 4) is 0 Å². The van der Waals surface area contributed by atoms with Crippen LogP contribution in [0.4, 0.5) is 11.4 Å². The molecule has 9 nitrogen and oxygen atoms in total. The number of nitro benzene ring substituents is 1. The van der Waals surface area contributed by atoms with E-state index in [1.165, 1.54) is 42.8 Å². The fourth-order valence-electron chi connectivity index (χ4n) is 2.30. The van der Waals surface area contributed by atoms with Gasteiger partial charge in [0.25, 0.3) is 17.5 Å². The first-order valence-electron chi connectivity index (χ1n) is 8.06. The highest BCUT2D eigenvalue weighted by atomic mass is 16.6. The van der Waals surface area contributed by atoms with Gasteiger partial charge in [-0.25, -0.2) is 5.43 Å². The Bertz CT molecular complexity index is 1030. The average molecular weight is 378 g/mol. The van der Waals surface area contributed by atoms with Gasteiger partial charge in [0.1, 0.15) is 5.76 Å². The molecule has 0 radical (unpaired) electrons. The van der Waals surface area contributed by atoms with Crippen LogP contribution in [0.2, 0.25) is 0 Å². The second kappa shape index (κ2) is 8.41. The lowest BCUT2D eigenvalue weighted by molar-refractivity contribution is -0.384. The standard InChI is InChI=1S/C19H14N4O5/c24-18(13-7-9-14(10-8-13)23(26)27)21-17-6-2-1-5-16(17)19(25)22-20-12-15-4-3-11-28-15/h1-12H,(H,21,24)(H,22,25)/b20-12-. The fourth-order valence-corrected chi connectivity index (χ4v) is 2.30. The van der Waals surface area contributed by atoms with Crippen molar-refractivity contribution in [2.75, 3.05) is 5.32 Å². The minimum absolute atomic E-state index is 0.120. The summed E-state index contributed by atoms with van der Waals surface area (Å²) in [6.45, 7) is 0. The Morgan fingerprint density at radius 2 is 1.75 bits per heavy atom. The van der Waals surface area contributed by atoms with Crippen LogP contribution in [0.3, 0.4) is 0 Å². The number of nitrogens with zero attached hydrogens (tertiary/aromatic N) is 2. The number of anilines is 1. The van der Waals surface area contributed by atoms with E-state index >= 15 is 0 Å². The van der Waals surface area contributed by atoms with Crippen molar-refractivity contribution in [3.63, 3.8) is 0 Å². The molecule has 3 rings (SSSR count). The number of hydrazone groups is 1. The molecule has 28 heavy (non-hydrogen) atoms. The van der Waals surface area contributed by atoms with Crippen LogP contribution in [0, 0.1) is 10.1 Å². The first kappa shape index (κ1) is 18.5. The maximum Gasteiger partial charge on any atom is 0.273 e. The summed E-state index contributed by atoms with van der Waals surface area (Å²) >= 11 is 0. The van der Waals surface area contributed by atoms with Crippen molar-refractivity contribution in [2.24, 2.45) is 5.10 Å². The van der Waals surface area contributed by atoms with Gasteiger partial charge < -0.3 is 9.73 Å². The topological polar surface area (TPSA) is 127 Å². The van der Waals surface area contributed by atoms with E-state index in [-0.39, 0.29) is 22.5 Å². The van der Waals surface area contributed by atoms with Gasteiger partial charge in [-0.1, -0.05) is 12.1 Å². The number of carbonyl (C=O) groups is 2. The number of hydrogen-bond donors (Lipinski definition) is 2. The number of para-hydroxylation sites is 1. The lowest BCUT2D eigenvalue weighted by Gasteiger charge is -2.10. The lowest BCUT2D eigenvalue weighted by atomic mass is 10.1. The van der Waals surface area contributed by atoms with Gasteiger partial charge in [0, 0.05) is 17.7 Å². The Morgan fingerprint density at radius 3 is 2.43 bits per heavy atom. The second-order valence-electron chi connectivity index (χ2n) is 5.52. The van der Waals surface area contributed by atoms with Gasteiger partial charge in [-0.3, -0.25) is 19.7 Å². The molecular weight excluding hydrogens is 364 g/mol. The number of non-ortho nitro benzene ring substituents is 1. The van der Waals surface area contributed by atoms with Crippen molar-refractivity contribution in [1.29, 1.82) is 0 Å². The molecule has 1 heterocycles. The molecule has 2 aromatic carbocycles. The van der Waals surface area contributed by atoms with Crippen molar-refractivity contribution >= 4 is 29.4 Å². The van der Waals surface area contributed by atoms with Crippen LogP contribution in [0.25, 0.3) is 0 Å². The highest BCUT2D eigenvalue weighted by Gasteiger charge is 2.14. The van der Waals surface area contributed by atoms with Crippen molar-refractivity contribution in [2.45, 2.75) is 0 Å². The Kier molecular flexibility index (Phi) is 5.56. The molecule has 3 aromatic rings. The monoisotopic (exact) mass is 378 g/mol. The van der Waals surface area contributed by atoms with E-state index in [0.717, 1.165) is 0 Å². The maximum atomic E-state index is 12.4. The Labute approximate surface area is 158 Å². The van der Waals surface area contributed by atoms with Crippen LogP contribution in [-0.4, -0.2) is 23.0 Å². The predicted molar refractivity (Wildman–Crippen MR) is 101 cm³/mol. The summed E-state index contributed by atoms with van der Waals surface area (Å²) in [5.41, 5.74) is 2.93. The van der Waals surface area contributed by atoms with E-state index in [9.17, 15) is 19.7 Å². The molecule has 2 amide bonds. The Balaban J connectivity index is 1.71. The molecule has 0 saturated heterocycles. The van der Waals surface area contributed by atoms with E-state index in [1.807, 2.05) is 0 Å². The molecule has 0 saturated carbocycles. The van der Waals surface area contributed by atoms with E-state index in [2.05, 4.69) is 15.8 Å². The Hall–Kier alpha value is -4.27. The van der Waals surface area contributed by atoms with Gasteiger partial charge in [0.2, 0.25) is 0 Å². The summed E-state index contributed by atoms with van der Waals surface area (Å²) < 4.78 is 5.07. The number of hydrogen-bond acceptors (Lipinski definition) is 6. The third kappa shape index (κ3) is 4.47. The quantitative estimate of drug-likeness (QED) is 0.387. The van der Waals surface area contributed by atoms with Crippen LogP contribution in [0.5, 0.6) is 0 Å². The minimum atomic E-state index is -0.551. The molecule has 0 unspecified atom stereocenters. The first-order chi connectivity index (χ1) is 13.5. The number of rotatable bonds is 6. The lowest BCUT2D eigenvalue weighted by Crippen LogP contribution is -2.21. The SMILES string of the molecule is O=C(Nc1ccccc1C(=O)N/N=C\c1ccco1)c1ccc([N+](=O)[O-])cc1. The van der Waals surface area contributed by atoms with E-state index in [1.54, 1.807) is 30.3 Å². The van der Waals surface area contributed by atoms with Crippen LogP contribution < -0.4 is 10.7 Å². The van der Waals surface area contributed by atoms with Gasteiger partial charge in [-0.15, -0.1) is 0 Å². The smallest absolute Gasteiger partial charge is 0.273 e. The van der Waals surface area contributed by atoms with Crippen LogP contribution in [-0.2, 0) is 0 Å². The van der Waals surface area contributed by atoms with Crippen molar-refractivity contribution < 1.29 is 18.9 Å². The van der Waals surface area contributed by atoms with Gasteiger partial charge in [0.05, 0.1) is 28.7 Å². The molecule has 0 spiro atoms. The molecule has 0 aliphatic rings. The molecule has 1 aromatic heterocycles. The first-order valence-corrected chi connectivity index (χ1v) is 8.06. The molecule has 0 bridgehead atoms. The summed E-state index contributed by atoms with van der Waals surface area (Å²) in [5.74, 6) is -0.559. The third-order valence-corrected chi connectivity index (χ3v) is 3.66. The molecular formula is C19H14N4O5. The number of furan rings is 1. The largest absolute Gasteiger partial charge is 0.463 e. The minimum Gasteiger partial charge on any atom is -0.463 e. The van der Waals surface area contributed by atoms with Crippen molar-refractivity contribution in [1.82, 2.24) is 5.43 Å². The van der Waals surface area contributed by atoms with Gasteiger partial charge >= 0.3 is 0 Å². The third-order valence-electron chi connectivity index (χ3n) is 3.66. The molecule has 140 valence electrons.